The van der Waals surface area contributed by atoms with E-state index in [-0.39, 0.29) is 18.1 Å². The Bertz CT molecular complexity index is 408. The molecule has 0 aliphatic heterocycles. The van der Waals surface area contributed by atoms with Gasteiger partial charge in [0.05, 0.1) is 6.10 Å². The largest absolute Gasteiger partial charge is 0.393 e. The van der Waals surface area contributed by atoms with Gasteiger partial charge in [0.1, 0.15) is 0 Å². The van der Waals surface area contributed by atoms with Gasteiger partial charge in [-0.15, -0.1) is 0 Å². The molecule has 1 fully saturated rings. The molecule has 2 N–H and O–H groups in total. The molecular formula is C13H16ClNO2. The Morgan fingerprint density at radius 3 is 2.94 bits per heavy atom. The number of rotatable bonds is 2. The summed E-state index contributed by atoms with van der Waals surface area (Å²) >= 11 is 5.83. The molecule has 0 heterocycles. The van der Waals surface area contributed by atoms with Crippen LogP contribution in [0.2, 0.25) is 5.02 Å². The van der Waals surface area contributed by atoms with Crippen molar-refractivity contribution in [3.63, 3.8) is 0 Å². The van der Waals surface area contributed by atoms with Gasteiger partial charge in [0.2, 0.25) is 0 Å². The fourth-order valence-electron chi connectivity index (χ4n) is 2.19. The maximum Gasteiger partial charge on any atom is 0.251 e. The maximum atomic E-state index is 11.9. The van der Waals surface area contributed by atoms with Crippen molar-refractivity contribution in [2.75, 3.05) is 0 Å². The summed E-state index contributed by atoms with van der Waals surface area (Å²) in [5.41, 5.74) is 0.567. The smallest absolute Gasteiger partial charge is 0.251 e. The molecule has 2 rings (SSSR count). The van der Waals surface area contributed by atoms with Gasteiger partial charge in [0.25, 0.3) is 5.91 Å². The van der Waals surface area contributed by atoms with Gasteiger partial charge in [-0.05, 0) is 43.9 Å². The SMILES string of the molecule is O=C(N[C@H]1CCC[C@@H](O)C1)c1cccc(Cl)c1. The number of halogens is 1. The molecule has 1 aromatic carbocycles. The minimum absolute atomic E-state index is 0.0743. The summed E-state index contributed by atoms with van der Waals surface area (Å²) in [5, 5.41) is 13.0. The first-order valence-electron chi connectivity index (χ1n) is 5.89. The van der Waals surface area contributed by atoms with Gasteiger partial charge in [-0.1, -0.05) is 17.7 Å². The second-order valence-corrected chi connectivity index (χ2v) is 4.94. The van der Waals surface area contributed by atoms with Gasteiger partial charge >= 0.3 is 0 Å². The highest BCUT2D eigenvalue weighted by atomic mass is 35.5. The van der Waals surface area contributed by atoms with Crippen LogP contribution in [0.1, 0.15) is 36.0 Å². The predicted molar refractivity (Wildman–Crippen MR) is 67.2 cm³/mol. The Morgan fingerprint density at radius 2 is 2.24 bits per heavy atom. The first-order chi connectivity index (χ1) is 8.15. The van der Waals surface area contributed by atoms with Gasteiger partial charge in [-0.25, -0.2) is 0 Å². The molecule has 1 aliphatic rings. The number of carbonyl (C=O) groups excluding carboxylic acids is 1. The zero-order valence-electron chi connectivity index (χ0n) is 9.53. The molecule has 0 spiro atoms. The van der Waals surface area contributed by atoms with E-state index >= 15 is 0 Å². The lowest BCUT2D eigenvalue weighted by atomic mass is 9.93. The quantitative estimate of drug-likeness (QED) is 0.850. The van der Waals surface area contributed by atoms with Crippen LogP contribution < -0.4 is 5.32 Å². The normalized spacial score (nSPS) is 24.4. The van der Waals surface area contributed by atoms with E-state index in [0.29, 0.717) is 17.0 Å². The van der Waals surface area contributed by atoms with Gasteiger partial charge in [-0.2, -0.15) is 0 Å². The molecule has 0 bridgehead atoms. The van der Waals surface area contributed by atoms with E-state index in [4.69, 9.17) is 11.6 Å². The fraction of sp³-hybridized carbons (Fsp3) is 0.462. The zero-order chi connectivity index (χ0) is 12.3. The van der Waals surface area contributed by atoms with Crippen molar-refractivity contribution in [2.45, 2.75) is 37.8 Å². The second-order valence-electron chi connectivity index (χ2n) is 4.50. The van der Waals surface area contributed by atoms with E-state index in [1.807, 2.05) is 0 Å². The van der Waals surface area contributed by atoms with Crippen LogP contribution >= 0.6 is 11.6 Å². The molecule has 0 saturated heterocycles. The van der Waals surface area contributed by atoms with Crippen LogP contribution in [-0.2, 0) is 0 Å². The average molecular weight is 254 g/mol. The van der Waals surface area contributed by atoms with Crippen molar-refractivity contribution in [3.8, 4) is 0 Å². The average Bonchev–Trinajstić information content (AvgIpc) is 2.29. The van der Waals surface area contributed by atoms with E-state index in [1.165, 1.54) is 0 Å². The van der Waals surface area contributed by atoms with E-state index < -0.39 is 0 Å². The third-order valence-corrected chi connectivity index (χ3v) is 3.30. The molecule has 4 heteroatoms. The van der Waals surface area contributed by atoms with Crippen molar-refractivity contribution in [1.29, 1.82) is 0 Å². The van der Waals surface area contributed by atoms with Crippen LogP contribution in [0, 0.1) is 0 Å². The lowest BCUT2D eigenvalue weighted by molar-refractivity contribution is 0.0850. The molecule has 0 aromatic heterocycles. The van der Waals surface area contributed by atoms with Crippen molar-refractivity contribution in [3.05, 3.63) is 34.9 Å². The zero-order valence-corrected chi connectivity index (χ0v) is 10.3. The third-order valence-electron chi connectivity index (χ3n) is 3.07. The molecule has 1 amide bonds. The van der Waals surface area contributed by atoms with Gasteiger partial charge in [0.15, 0.2) is 0 Å². The molecule has 2 atom stereocenters. The third kappa shape index (κ3) is 3.45. The maximum absolute atomic E-state index is 11.9. The van der Waals surface area contributed by atoms with E-state index in [2.05, 4.69) is 5.32 Å². The summed E-state index contributed by atoms with van der Waals surface area (Å²) in [6, 6.07) is 6.96. The first kappa shape index (κ1) is 12.4. The Labute approximate surface area is 106 Å². The van der Waals surface area contributed by atoms with E-state index in [9.17, 15) is 9.90 Å². The molecule has 92 valence electrons. The van der Waals surface area contributed by atoms with E-state index in [1.54, 1.807) is 24.3 Å². The number of nitrogens with one attached hydrogen (secondary N) is 1. The molecule has 1 aliphatic carbocycles. The highest BCUT2D eigenvalue weighted by Crippen LogP contribution is 2.19. The summed E-state index contributed by atoms with van der Waals surface area (Å²) in [6.45, 7) is 0. The van der Waals surface area contributed by atoms with Crippen LogP contribution in [0.25, 0.3) is 0 Å². The van der Waals surface area contributed by atoms with Crippen LogP contribution in [0.3, 0.4) is 0 Å². The monoisotopic (exact) mass is 253 g/mol. The Kier molecular flexibility index (Phi) is 4.02. The van der Waals surface area contributed by atoms with E-state index in [0.717, 1.165) is 19.3 Å². The minimum Gasteiger partial charge on any atom is -0.393 e. The second kappa shape index (κ2) is 5.52. The highest BCUT2D eigenvalue weighted by Gasteiger charge is 2.21. The molecule has 0 unspecified atom stereocenters. The number of aliphatic hydroxyl groups excluding tert-OH is 1. The van der Waals surface area contributed by atoms with Crippen molar-refractivity contribution in [1.82, 2.24) is 5.32 Å². The molecule has 3 nitrogen and oxygen atoms in total. The van der Waals surface area contributed by atoms with Crippen LogP contribution in [0.4, 0.5) is 0 Å². The number of aliphatic hydroxyl groups is 1. The number of carbonyl (C=O) groups is 1. The molecule has 17 heavy (non-hydrogen) atoms. The summed E-state index contributed by atoms with van der Waals surface area (Å²) in [5.74, 6) is -0.119. The van der Waals surface area contributed by atoms with Gasteiger partial charge < -0.3 is 10.4 Å². The summed E-state index contributed by atoms with van der Waals surface area (Å²) in [4.78, 5) is 11.9. The predicted octanol–water partition coefficient (Wildman–Crippen LogP) is 2.37. The number of hydrogen-bond donors (Lipinski definition) is 2. The number of amides is 1. The lowest BCUT2D eigenvalue weighted by Crippen LogP contribution is -2.39. The van der Waals surface area contributed by atoms with Crippen LogP contribution in [0.5, 0.6) is 0 Å². The minimum atomic E-state index is -0.284. The Morgan fingerprint density at radius 1 is 1.41 bits per heavy atom. The molecule has 1 saturated carbocycles. The summed E-state index contributed by atoms with van der Waals surface area (Å²) < 4.78 is 0. The van der Waals surface area contributed by atoms with Crippen LogP contribution in [-0.4, -0.2) is 23.2 Å². The van der Waals surface area contributed by atoms with Crippen molar-refractivity contribution in [2.24, 2.45) is 0 Å². The highest BCUT2D eigenvalue weighted by molar-refractivity contribution is 6.30. The molecule has 1 aromatic rings. The topological polar surface area (TPSA) is 49.3 Å². The number of benzene rings is 1. The molecular weight excluding hydrogens is 238 g/mol. The standard InChI is InChI=1S/C13H16ClNO2/c14-10-4-1-3-9(7-10)13(17)15-11-5-2-6-12(16)8-11/h1,3-4,7,11-12,16H,2,5-6,8H2,(H,15,17)/t11-,12+/m0/s1. The summed E-state index contributed by atoms with van der Waals surface area (Å²) in [7, 11) is 0. The van der Waals surface area contributed by atoms with Crippen molar-refractivity contribution < 1.29 is 9.90 Å². The fourth-order valence-corrected chi connectivity index (χ4v) is 2.38. The Hall–Kier alpha value is -1.06. The van der Waals surface area contributed by atoms with Crippen LogP contribution in [0.15, 0.2) is 24.3 Å². The van der Waals surface area contributed by atoms with Gasteiger partial charge in [0, 0.05) is 16.6 Å². The molecule has 0 radical (unpaired) electrons. The number of hydrogen-bond acceptors (Lipinski definition) is 2. The summed E-state index contributed by atoms with van der Waals surface area (Å²) in [6.07, 6.45) is 3.09. The Balaban J connectivity index is 1.97. The van der Waals surface area contributed by atoms with Gasteiger partial charge in [-0.3, -0.25) is 4.79 Å². The first-order valence-corrected chi connectivity index (χ1v) is 6.27. The lowest BCUT2D eigenvalue weighted by Gasteiger charge is -2.26. The van der Waals surface area contributed by atoms with Crippen molar-refractivity contribution >= 4 is 17.5 Å².